The maximum absolute atomic E-state index is 11.8. The molecule has 1 aromatic carbocycles. The van der Waals surface area contributed by atoms with Gasteiger partial charge in [0.25, 0.3) is 0 Å². The van der Waals surface area contributed by atoms with Crippen molar-refractivity contribution in [2.24, 2.45) is 0 Å². The Morgan fingerprint density at radius 2 is 1.48 bits per heavy atom. The molecule has 0 radical (unpaired) electrons. The SMILES string of the molecule is CCCCCCCCCCCc1noc(CCc2ccc(CNC(=O)OC(C)(C)C)cc2)n1. The second-order valence-electron chi connectivity index (χ2n) is 9.85. The molecule has 0 aliphatic carbocycles. The van der Waals surface area contributed by atoms with Crippen molar-refractivity contribution in [2.75, 3.05) is 0 Å². The molecule has 0 saturated heterocycles. The molecule has 33 heavy (non-hydrogen) atoms. The van der Waals surface area contributed by atoms with Crippen molar-refractivity contribution < 1.29 is 14.1 Å². The summed E-state index contributed by atoms with van der Waals surface area (Å²) in [6.45, 7) is 8.26. The van der Waals surface area contributed by atoms with Crippen LogP contribution >= 0.6 is 0 Å². The van der Waals surface area contributed by atoms with Crippen LogP contribution in [-0.2, 0) is 30.5 Å². The van der Waals surface area contributed by atoms with Gasteiger partial charge >= 0.3 is 6.09 Å². The number of alkyl carbamates (subject to hydrolysis) is 1. The van der Waals surface area contributed by atoms with Crippen LogP contribution in [0, 0.1) is 0 Å². The largest absolute Gasteiger partial charge is 0.444 e. The molecule has 2 aromatic rings. The standard InChI is InChI=1S/C27H43N3O3/c1-5-6-7-8-9-10-11-12-13-14-24-29-25(33-30-24)20-19-22-15-17-23(18-16-22)21-28-26(31)32-27(2,3)4/h15-18H,5-14,19-21H2,1-4H3,(H,28,31). The molecule has 6 heteroatoms. The number of nitrogens with one attached hydrogen (secondary N) is 1. The minimum atomic E-state index is -0.490. The number of carbonyl (C=O) groups excluding carboxylic acids is 1. The normalized spacial score (nSPS) is 11.5. The first kappa shape index (κ1) is 26.9. The second-order valence-corrected chi connectivity index (χ2v) is 9.85. The van der Waals surface area contributed by atoms with Gasteiger partial charge in [0.2, 0.25) is 5.89 Å². The van der Waals surface area contributed by atoms with E-state index in [9.17, 15) is 4.79 Å². The molecule has 2 rings (SSSR count). The van der Waals surface area contributed by atoms with Crippen LogP contribution in [0.4, 0.5) is 4.79 Å². The Morgan fingerprint density at radius 1 is 0.879 bits per heavy atom. The van der Waals surface area contributed by atoms with Gasteiger partial charge in [-0.2, -0.15) is 4.98 Å². The summed E-state index contributed by atoms with van der Waals surface area (Å²) in [6, 6.07) is 8.20. The molecule has 184 valence electrons. The zero-order valence-corrected chi connectivity index (χ0v) is 21.1. The quantitative estimate of drug-likeness (QED) is 0.293. The summed E-state index contributed by atoms with van der Waals surface area (Å²) in [7, 11) is 0. The van der Waals surface area contributed by atoms with Crippen molar-refractivity contribution in [2.45, 2.75) is 117 Å². The van der Waals surface area contributed by atoms with Crippen molar-refractivity contribution in [3.8, 4) is 0 Å². The molecule has 6 nitrogen and oxygen atoms in total. The second kappa shape index (κ2) is 14.7. The van der Waals surface area contributed by atoms with Crippen LogP contribution in [0.15, 0.2) is 28.8 Å². The Kier molecular flexibility index (Phi) is 12.0. The number of aromatic nitrogens is 2. The van der Waals surface area contributed by atoms with Gasteiger partial charge < -0.3 is 14.6 Å². The summed E-state index contributed by atoms with van der Waals surface area (Å²) >= 11 is 0. The highest BCUT2D eigenvalue weighted by molar-refractivity contribution is 5.67. The molecule has 0 atom stereocenters. The van der Waals surface area contributed by atoms with E-state index in [1.54, 1.807) is 0 Å². The van der Waals surface area contributed by atoms with Crippen molar-refractivity contribution in [1.29, 1.82) is 0 Å². The number of carbonyl (C=O) groups is 1. The van der Waals surface area contributed by atoms with Crippen LogP contribution in [0.1, 0.15) is 108 Å². The van der Waals surface area contributed by atoms with Gasteiger partial charge in [-0.15, -0.1) is 0 Å². The third-order valence-corrected chi connectivity index (χ3v) is 5.50. The predicted molar refractivity (Wildman–Crippen MR) is 132 cm³/mol. The number of unbranched alkanes of at least 4 members (excludes halogenated alkanes) is 8. The number of ether oxygens (including phenoxy) is 1. The molecule has 0 spiro atoms. The summed E-state index contributed by atoms with van der Waals surface area (Å²) in [5.41, 5.74) is 1.75. The van der Waals surface area contributed by atoms with Crippen LogP contribution in [0.3, 0.4) is 0 Å². The number of rotatable bonds is 15. The van der Waals surface area contributed by atoms with E-state index >= 15 is 0 Å². The fourth-order valence-electron chi connectivity index (χ4n) is 3.65. The number of hydrogen-bond acceptors (Lipinski definition) is 5. The average Bonchev–Trinajstić information content (AvgIpc) is 3.22. The number of amides is 1. The molecule has 1 aromatic heterocycles. The van der Waals surface area contributed by atoms with Gasteiger partial charge in [-0.25, -0.2) is 4.79 Å². The Bertz CT molecular complexity index is 794. The Balaban J connectivity index is 1.60. The van der Waals surface area contributed by atoms with Gasteiger partial charge in [0.05, 0.1) is 0 Å². The smallest absolute Gasteiger partial charge is 0.407 e. The van der Waals surface area contributed by atoms with Gasteiger partial charge in [0.15, 0.2) is 5.82 Å². The first-order valence-electron chi connectivity index (χ1n) is 12.7. The number of benzene rings is 1. The molecule has 0 fully saturated rings. The van der Waals surface area contributed by atoms with Crippen LogP contribution < -0.4 is 5.32 Å². The van der Waals surface area contributed by atoms with E-state index in [-0.39, 0.29) is 0 Å². The molecule has 0 unspecified atom stereocenters. The van der Waals surface area contributed by atoms with E-state index in [1.165, 1.54) is 56.9 Å². The van der Waals surface area contributed by atoms with Gasteiger partial charge in [-0.05, 0) is 44.7 Å². The summed E-state index contributed by atoms with van der Waals surface area (Å²) in [5, 5.41) is 6.92. The molecule has 0 bridgehead atoms. The van der Waals surface area contributed by atoms with Gasteiger partial charge in [-0.3, -0.25) is 0 Å². The minimum Gasteiger partial charge on any atom is -0.444 e. The average molecular weight is 458 g/mol. The zero-order valence-electron chi connectivity index (χ0n) is 21.1. The monoisotopic (exact) mass is 457 g/mol. The molecule has 0 aliphatic rings. The highest BCUT2D eigenvalue weighted by Crippen LogP contribution is 2.13. The first-order valence-corrected chi connectivity index (χ1v) is 12.7. The maximum Gasteiger partial charge on any atom is 0.407 e. The van der Waals surface area contributed by atoms with Crippen molar-refractivity contribution in [1.82, 2.24) is 15.5 Å². The Labute approximate surface area is 199 Å². The van der Waals surface area contributed by atoms with Crippen molar-refractivity contribution >= 4 is 6.09 Å². The maximum atomic E-state index is 11.8. The molecular formula is C27H43N3O3. The van der Waals surface area contributed by atoms with Gasteiger partial charge in [0.1, 0.15) is 5.60 Å². The molecular weight excluding hydrogens is 414 g/mol. The lowest BCUT2D eigenvalue weighted by Gasteiger charge is -2.19. The molecule has 1 amide bonds. The van der Waals surface area contributed by atoms with Crippen LogP contribution in [0.25, 0.3) is 0 Å². The summed E-state index contributed by atoms with van der Waals surface area (Å²) in [6.07, 6.45) is 13.9. The first-order chi connectivity index (χ1) is 15.9. The van der Waals surface area contributed by atoms with Crippen LogP contribution in [0.5, 0.6) is 0 Å². The van der Waals surface area contributed by atoms with Crippen LogP contribution in [0.2, 0.25) is 0 Å². The lowest BCUT2D eigenvalue weighted by atomic mass is 10.1. The Morgan fingerprint density at radius 3 is 2.12 bits per heavy atom. The molecule has 0 aliphatic heterocycles. The highest BCUT2D eigenvalue weighted by Gasteiger charge is 2.15. The van der Waals surface area contributed by atoms with E-state index in [1.807, 2.05) is 32.9 Å². The summed E-state index contributed by atoms with van der Waals surface area (Å²) in [4.78, 5) is 16.3. The van der Waals surface area contributed by atoms with E-state index in [4.69, 9.17) is 9.26 Å². The lowest BCUT2D eigenvalue weighted by Crippen LogP contribution is -2.32. The molecule has 1 N–H and O–H groups in total. The third kappa shape index (κ3) is 12.4. The Hall–Kier alpha value is -2.37. The number of hydrogen-bond donors (Lipinski definition) is 1. The van der Waals surface area contributed by atoms with Crippen molar-refractivity contribution in [3.63, 3.8) is 0 Å². The van der Waals surface area contributed by atoms with Gasteiger partial charge in [-0.1, -0.05) is 87.7 Å². The van der Waals surface area contributed by atoms with E-state index in [0.717, 1.165) is 37.1 Å². The van der Waals surface area contributed by atoms with Gasteiger partial charge in [0, 0.05) is 19.4 Å². The fraction of sp³-hybridized carbons (Fsp3) is 0.667. The minimum absolute atomic E-state index is 0.402. The lowest BCUT2D eigenvalue weighted by molar-refractivity contribution is 0.0523. The molecule has 1 heterocycles. The van der Waals surface area contributed by atoms with Crippen LogP contribution in [-0.4, -0.2) is 21.8 Å². The zero-order chi connectivity index (χ0) is 23.9. The third-order valence-electron chi connectivity index (χ3n) is 5.50. The number of aryl methyl sites for hydroxylation is 3. The van der Waals surface area contributed by atoms with E-state index in [2.05, 4.69) is 34.5 Å². The van der Waals surface area contributed by atoms with E-state index < -0.39 is 11.7 Å². The van der Waals surface area contributed by atoms with Crippen molar-refractivity contribution in [3.05, 3.63) is 47.1 Å². The number of nitrogens with zero attached hydrogens (tertiary/aromatic N) is 2. The fourth-order valence-corrected chi connectivity index (χ4v) is 3.65. The summed E-state index contributed by atoms with van der Waals surface area (Å²) in [5.74, 6) is 1.54. The highest BCUT2D eigenvalue weighted by atomic mass is 16.6. The molecule has 0 saturated carbocycles. The van der Waals surface area contributed by atoms with E-state index in [0.29, 0.717) is 12.4 Å². The predicted octanol–water partition coefficient (Wildman–Crippen LogP) is 6.95. The topological polar surface area (TPSA) is 77.2 Å². The summed E-state index contributed by atoms with van der Waals surface area (Å²) < 4.78 is 10.7.